The SMILES string of the molecule is NC(=O)NN=Cc1ccc(C(=O)O)cc1. The van der Waals surface area contributed by atoms with Crippen LogP contribution in [-0.2, 0) is 0 Å². The molecule has 0 unspecified atom stereocenters. The van der Waals surface area contributed by atoms with Gasteiger partial charge >= 0.3 is 12.0 Å². The smallest absolute Gasteiger partial charge is 0.335 e. The molecule has 78 valence electrons. The van der Waals surface area contributed by atoms with E-state index in [1.165, 1.54) is 18.3 Å². The molecule has 1 aromatic carbocycles. The number of carboxylic acids is 1. The maximum atomic E-state index is 10.5. The van der Waals surface area contributed by atoms with Gasteiger partial charge in [0.1, 0.15) is 0 Å². The monoisotopic (exact) mass is 207 g/mol. The number of hydrogen-bond acceptors (Lipinski definition) is 3. The minimum atomic E-state index is -0.992. The van der Waals surface area contributed by atoms with Crippen LogP contribution in [0.25, 0.3) is 0 Å². The highest BCUT2D eigenvalue weighted by atomic mass is 16.4. The normalized spacial score (nSPS) is 10.1. The van der Waals surface area contributed by atoms with Crippen LogP contribution in [0.1, 0.15) is 15.9 Å². The number of amides is 2. The van der Waals surface area contributed by atoms with Crippen LogP contribution < -0.4 is 11.2 Å². The predicted octanol–water partition coefficient (Wildman–Crippen LogP) is 0.387. The zero-order valence-electron chi connectivity index (χ0n) is 7.68. The number of primary amides is 1. The molecule has 0 fully saturated rings. The second-order valence-corrected chi connectivity index (χ2v) is 2.66. The Labute approximate surface area is 85.4 Å². The molecule has 0 heterocycles. The van der Waals surface area contributed by atoms with Gasteiger partial charge in [-0.15, -0.1) is 0 Å². The highest BCUT2D eigenvalue weighted by Gasteiger charge is 1.99. The maximum absolute atomic E-state index is 10.5. The first kappa shape index (κ1) is 10.7. The van der Waals surface area contributed by atoms with Gasteiger partial charge in [-0.3, -0.25) is 0 Å². The van der Waals surface area contributed by atoms with Crippen molar-refractivity contribution in [1.29, 1.82) is 0 Å². The van der Waals surface area contributed by atoms with Crippen LogP contribution in [0, 0.1) is 0 Å². The zero-order valence-corrected chi connectivity index (χ0v) is 7.68. The van der Waals surface area contributed by atoms with Crippen LogP contribution in [-0.4, -0.2) is 23.3 Å². The number of hydrazone groups is 1. The molecule has 6 heteroatoms. The Kier molecular flexibility index (Phi) is 3.39. The van der Waals surface area contributed by atoms with E-state index in [-0.39, 0.29) is 5.56 Å². The lowest BCUT2D eigenvalue weighted by Crippen LogP contribution is -2.24. The fraction of sp³-hybridized carbons (Fsp3) is 0. The number of nitrogens with zero attached hydrogens (tertiary/aromatic N) is 1. The molecule has 0 aliphatic carbocycles. The number of urea groups is 1. The Hall–Kier alpha value is -2.37. The second kappa shape index (κ2) is 4.75. The molecule has 6 nitrogen and oxygen atoms in total. The van der Waals surface area contributed by atoms with E-state index in [9.17, 15) is 9.59 Å². The summed E-state index contributed by atoms with van der Waals surface area (Å²) in [5.41, 5.74) is 7.65. The van der Waals surface area contributed by atoms with E-state index in [4.69, 9.17) is 10.8 Å². The van der Waals surface area contributed by atoms with Crippen molar-refractivity contribution in [3.05, 3.63) is 35.4 Å². The molecule has 0 spiro atoms. The molecule has 0 radical (unpaired) electrons. The first-order valence-corrected chi connectivity index (χ1v) is 4.01. The summed E-state index contributed by atoms with van der Waals surface area (Å²) in [7, 11) is 0. The second-order valence-electron chi connectivity index (χ2n) is 2.66. The highest BCUT2D eigenvalue weighted by Crippen LogP contribution is 2.01. The number of hydrogen-bond donors (Lipinski definition) is 3. The molecular weight excluding hydrogens is 198 g/mol. The molecule has 0 saturated carbocycles. The van der Waals surface area contributed by atoms with Gasteiger partial charge in [0, 0.05) is 0 Å². The third kappa shape index (κ3) is 3.47. The average Bonchev–Trinajstić information content (AvgIpc) is 2.18. The van der Waals surface area contributed by atoms with Crippen molar-refractivity contribution in [2.45, 2.75) is 0 Å². The first-order valence-electron chi connectivity index (χ1n) is 4.01. The summed E-state index contributed by atoms with van der Waals surface area (Å²) in [6, 6.07) is 5.25. The van der Waals surface area contributed by atoms with Crippen LogP contribution >= 0.6 is 0 Å². The van der Waals surface area contributed by atoms with E-state index < -0.39 is 12.0 Å². The van der Waals surface area contributed by atoms with Gasteiger partial charge in [0.05, 0.1) is 11.8 Å². The number of carbonyl (C=O) groups excluding carboxylic acids is 1. The van der Waals surface area contributed by atoms with Gasteiger partial charge in [-0.05, 0) is 17.7 Å². The number of nitrogens with two attached hydrogens (primary N) is 1. The number of carbonyl (C=O) groups is 2. The van der Waals surface area contributed by atoms with Crippen molar-refractivity contribution in [2.75, 3.05) is 0 Å². The molecule has 0 bridgehead atoms. The lowest BCUT2D eigenvalue weighted by Gasteiger charge is -1.95. The lowest BCUT2D eigenvalue weighted by atomic mass is 10.1. The summed E-state index contributed by atoms with van der Waals surface area (Å²) in [5, 5.41) is 12.1. The summed E-state index contributed by atoms with van der Waals surface area (Å²) in [6.07, 6.45) is 1.36. The van der Waals surface area contributed by atoms with Crippen LogP contribution in [0.2, 0.25) is 0 Å². The standard InChI is InChI=1S/C9H9N3O3/c10-9(15)12-11-5-6-1-3-7(4-2-6)8(13)14/h1-5H,(H,13,14)(H3,10,12,15). The van der Waals surface area contributed by atoms with Crippen molar-refractivity contribution >= 4 is 18.2 Å². The predicted molar refractivity (Wildman–Crippen MR) is 53.7 cm³/mol. The fourth-order valence-electron chi connectivity index (χ4n) is 0.882. The summed E-state index contributed by atoms with van der Waals surface area (Å²) in [6.45, 7) is 0. The van der Waals surface area contributed by atoms with Gasteiger partial charge in [0.15, 0.2) is 0 Å². The van der Waals surface area contributed by atoms with Gasteiger partial charge in [0.2, 0.25) is 0 Å². The summed E-state index contributed by atoms with van der Waals surface area (Å²) in [4.78, 5) is 20.8. The van der Waals surface area contributed by atoms with Crippen molar-refractivity contribution in [1.82, 2.24) is 5.43 Å². The molecule has 0 aromatic heterocycles. The molecule has 0 aliphatic rings. The van der Waals surface area contributed by atoms with Gasteiger partial charge in [-0.1, -0.05) is 12.1 Å². The molecule has 0 atom stereocenters. The number of rotatable bonds is 3. The first-order chi connectivity index (χ1) is 7.09. The zero-order chi connectivity index (χ0) is 11.3. The Balaban J connectivity index is 2.68. The third-order valence-electron chi connectivity index (χ3n) is 1.55. The Morgan fingerprint density at radius 1 is 1.33 bits per heavy atom. The average molecular weight is 207 g/mol. The molecule has 0 aliphatic heterocycles. The summed E-state index contributed by atoms with van der Waals surface area (Å²) < 4.78 is 0. The van der Waals surface area contributed by atoms with Gasteiger partial charge in [-0.2, -0.15) is 5.10 Å². The van der Waals surface area contributed by atoms with Crippen LogP contribution in [0.15, 0.2) is 29.4 Å². The largest absolute Gasteiger partial charge is 0.478 e. The topological polar surface area (TPSA) is 105 Å². The fourth-order valence-corrected chi connectivity index (χ4v) is 0.882. The van der Waals surface area contributed by atoms with Gasteiger partial charge in [0.25, 0.3) is 0 Å². The van der Waals surface area contributed by atoms with E-state index in [0.29, 0.717) is 5.56 Å². The van der Waals surface area contributed by atoms with Crippen molar-refractivity contribution in [2.24, 2.45) is 10.8 Å². The highest BCUT2D eigenvalue weighted by molar-refractivity contribution is 5.89. The molecule has 4 N–H and O–H groups in total. The molecule has 1 rings (SSSR count). The molecule has 0 saturated heterocycles. The maximum Gasteiger partial charge on any atom is 0.335 e. The van der Waals surface area contributed by atoms with E-state index in [1.54, 1.807) is 12.1 Å². The van der Waals surface area contributed by atoms with Crippen molar-refractivity contribution in [3.8, 4) is 0 Å². The molecule has 2 amide bonds. The van der Waals surface area contributed by atoms with Gasteiger partial charge in [-0.25, -0.2) is 15.0 Å². The van der Waals surface area contributed by atoms with Crippen LogP contribution in [0.4, 0.5) is 4.79 Å². The Morgan fingerprint density at radius 3 is 2.40 bits per heavy atom. The van der Waals surface area contributed by atoms with Crippen LogP contribution in [0.3, 0.4) is 0 Å². The minimum Gasteiger partial charge on any atom is -0.478 e. The van der Waals surface area contributed by atoms with Crippen molar-refractivity contribution in [3.63, 3.8) is 0 Å². The number of carboxylic acid groups (broad SMARTS) is 1. The number of aromatic carboxylic acids is 1. The Bertz CT molecular complexity index is 398. The Morgan fingerprint density at radius 2 is 1.93 bits per heavy atom. The minimum absolute atomic E-state index is 0.190. The molecule has 15 heavy (non-hydrogen) atoms. The van der Waals surface area contributed by atoms with Crippen molar-refractivity contribution < 1.29 is 14.7 Å². The van der Waals surface area contributed by atoms with Crippen LogP contribution in [0.5, 0.6) is 0 Å². The lowest BCUT2D eigenvalue weighted by molar-refractivity contribution is 0.0697. The number of nitrogens with one attached hydrogen (secondary N) is 1. The number of benzene rings is 1. The molecular formula is C9H9N3O3. The summed E-state index contributed by atoms with van der Waals surface area (Å²) in [5.74, 6) is -0.992. The van der Waals surface area contributed by atoms with E-state index in [0.717, 1.165) is 0 Å². The quantitative estimate of drug-likeness (QED) is 0.493. The third-order valence-corrected chi connectivity index (χ3v) is 1.55. The molecule has 1 aromatic rings. The van der Waals surface area contributed by atoms with E-state index in [2.05, 4.69) is 5.10 Å². The van der Waals surface area contributed by atoms with E-state index >= 15 is 0 Å². The van der Waals surface area contributed by atoms with E-state index in [1.807, 2.05) is 5.43 Å². The van der Waals surface area contributed by atoms with Gasteiger partial charge < -0.3 is 10.8 Å². The summed E-state index contributed by atoms with van der Waals surface area (Å²) >= 11 is 0.